The number of carbonyl (C=O) groups is 2. The quantitative estimate of drug-likeness (QED) is 0.354. The summed E-state index contributed by atoms with van der Waals surface area (Å²) in [5, 5.41) is 9.96. The fourth-order valence-corrected chi connectivity index (χ4v) is 3.84. The van der Waals surface area contributed by atoms with Gasteiger partial charge in [0.05, 0.1) is 10.7 Å². The predicted octanol–water partition coefficient (Wildman–Crippen LogP) is 4.94. The van der Waals surface area contributed by atoms with E-state index in [2.05, 4.69) is 15.4 Å². The Hall–Kier alpha value is -2.94. The highest BCUT2D eigenvalue weighted by molar-refractivity contribution is 7.15. The van der Waals surface area contributed by atoms with E-state index < -0.39 is 5.97 Å². The van der Waals surface area contributed by atoms with Crippen LogP contribution in [0.2, 0.25) is 10.0 Å². The molecule has 1 N–H and O–H groups in total. The number of fused-ring (bicyclic) bond motifs is 1. The first kappa shape index (κ1) is 19.4. The highest BCUT2D eigenvalue weighted by atomic mass is 35.5. The molecule has 2 aromatic carbocycles. The number of anilines is 1. The highest BCUT2D eigenvalue weighted by Crippen LogP contribution is 2.33. The number of esters is 1. The lowest BCUT2D eigenvalue weighted by atomic mass is 10.2. The number of aromatic nitrogens is 3. The van der Waals surface area contributed by atoms with Crippen molar-refractivity contribution >= 4 is 57.3 Å². The van der Waals surface area contributed by atoms with Crippen LogP contribution in [0.15, 0.2) is 47.8 Å². The Bertz CT molecular complexity index is 1230. The fourth-order valence-electron chi connectivity index (χ4n) is 2.63. The third-order valence-electron chi connectivity index (χ3n) is 3.89. The van der Waals surface area contributed by atoms with Crippen LogP contribution in [0.25, 0.3) is 16.2 Å². The van der Waals surface area contributed by atoms with Gasteiger partial charge in [-0.2, -0.15) is 4.98 Å². The van der Waals surface area contributed by atoms with Gasteiger partial charge in [0.15, 0.2) is 0 Å². The molecule has 0 bridgehead atoms. The zero-order chi connectivity index (χ0) is 20.5. The Kier molecular flexibility index (Phi) is 5.23. The summed E-state index contributed by atoms with van der Waals surface area (Å²) in [5.41, 5.74) is 1.81. The van der Waals surface area contributed by atoms with E-state index in [-0.39, 0.29) is 11.9 Å². The van der Waals surface area contributed by atoms with Crippen LogP contribution in [0, 0.1) is 0 Å². The molecule has 10 heteroatoms. The van der Waals surface area contributed by atoms with Crippen LogP contribution >= 0.6 is 34.5 Å². The molecule has 0 saturated heterocycles. The Morgan fingerprint density at radius 1 is 1.14 bits per heavy atom. The molecule has 0 spiro atoms. The highest BCUT2D eigenvalue weighted by Gasteiger charge is 2.16. The normalized spacial score (nSPS) is 10.9. The number of nitrogens with one attached hydrogen (secondary N) is 1. The van der Waals surface area contributed by atoms with Gasteiger partial charge in [0.2, 0.25) is 4.96 Å². The number of nitrogens with zero attached hydrogens (tertiary/aromatic N) is 3. The van der Waals surface area contributed by atoms with E-state index >= 15 is 0 Å². The Morgan fingerprint density at radius 3 is 2.62 bits per heavy atom. The molecular weight excluding hydrogens is 435 g/mol. The minimum Gasteiger partial charge on any atom is -0.427 e. The van der Waals surface area contributed by atoms with Crippen LogP contribution in [-0.2, 0) is 4.79 Å². The third kappa shape index (κ3) is 4.09. The van der Waals surface area contributed by atoms with Crippen LogP contribution in [0.4, 0.5) is 5.95 Å². The first-order chi connectivity index (χ1) is 13.9. The largest absolute Gasteiger partial charge is 0.427 e. The minimum atomic E-state index is -0.430. The molecule has 2 aromatic heterocycles. The summed E-state index contributed by atoms with van der Waals surface area (Å²) in [6, 6.07) is 11.3. The SMILES string of the molecule is CC(=O)Oc1ccc(C(=O)Nc2nc3scc(-c4cc(Cl)ccc4Cl)n3n2)cc1. The number of amides is 1. The maximum Gasteiger partial charge on any atom is 0.308 e. The molecule has 0 aliphatic rings. The lowest BCUT2D eigenvalue weighted by Crippen LogP contribution is -2.13. The molecule has 4 aromatic rings. The summed E-state index contributed by atoms with van der Waals surface area (Å²) < 4.78 is 6.55. The molecule has 7 nitrogen and oxygen atoms in total. The van der Waals surface area contributed by atoms with Gasteiger partial charge < -0.3 is 4.74 Å². The minimum absolute atomic E-state index is 0.158. The number of ether oxygens (including phenoxy) is 1. The molecule has 2 heterocycles. The van der Waals surface area contributed by atoms with Gasteiger partial charge in [0.1, 0.15) is 5.75 Å². The third-order valence-corrected chi connectivity index (χ3v) is 5.27. The number of hydrogen-bond acceptors (Lipinski definition) is 6. The van der Waals surface area contributed by atoms with E-state index in [1.165, 1.54) is 30.4 Å². The van der Waals surface area contributed by atoms with Crippen molar-refractivity contribution < 1.29 is 14.3 Å². The summed E-state index contributed by atoms with van der Waals surface area (Å²) in [6.07, 6.45) is 0. The van der Waals surface area contributed by atoms with Gasteiger partial charge >= 0.3 is 5.97 Å². The number of hydrogen-bond donors (Lipinski definition) is 1. The van der Waals surface area contributed by atoms with Crippen molar-refractivity contribution in [2.24, 2.45) is 0 Å². The van der Waals surface area contributed by atoms with Crippen LogP contribution in [-0.4, -0.2) is 26.5 Å². The smallest absolute Gasteiger partial charge is 0.308 e. The van der Waals surface area contributed by atoms with Crippen molar-refractivity contribution in [2.45, 2.75) is 6.92 Å². The van der Waals surface area contributed by atoms with Crippen LogP contribution in [0.5, 0.6) is 5.75 Å². The predicted molar refractivity (Wildman–Crippen MR) is 112 cm³/mol. The van der Waals surface area contributed by atoms with Gasteiger partial charge in [0.25, 0.3) is 11.9 Å². The monoisotopic (exact) mass is 446 g/mol. The lowest BCUT2D eigenvalue weighted by molar-refractivity contribution is -0.131. The van der Waals surface area contributed by atoms with E-state index in [4.69, 9.17) is 27.9 Å². The lowest BCUT2D eigenvalue weighted by Gasteiger charge is -2.04. The summed E-state index contributed by atoms with van der Waals surface area (Å²) in [5.74, 6) is -0.303. The van der Waals surface area contributed by atoms with E-state index in [0.717, 1.165) is 5.69 Å². The molecular formula is C19H12Cl2N4O3S. The first-order valence-electron chi connectivity index (χ1n) is 8.30. The maximum absolute atomic E-state index is 12.5. The average molecular weight is 447 g/mol. The van der Waals surface area contributed by atoms with Crippen molar-refractivity contribution in [1.29, 1.82) is 0 Å². The topological polar surface area (TPSA) is 85.6 Å². The van der Waals surface area contributed by atoms with E-state index in [1.54, 1.807) is 34.8 Å². The van der Waals surface area contributed by atoms with Crippen molar-refractivity contribution in [3.63, 3.8) is 0 Å². The second kappa shape index (κ2) is 7.82. The van der Waals surface area contributed by atoms with Gasteiger partial charge in [0, 0.05) is 28.5 Å². The van der Waals surface area contributed by atoms with Gasteiger partial charge in [-0.25, -0.2) is 4.52 Å². The molecule has 4 rings (SSSR count). The number of thiazole rings is 1. The van der Waals surface area contributed by atoms with Crippen LogP contribution in [0.3, 0.4) is 0 Å². The summed E-state index contributed by atoms with van der Waals surface area (Å²) >= 11 is 13.7. The van der Waals surface area contributed by atoms with E-state index in [1.807, 2.05) is 5.38 Å². The maximum atomic E-state index is 12.5. The van der Waals surface area contributed by atoms with E-state index in [9.17, 15) is 9.59 Å². The van der Waals surface area contributed by atoms with Crippen molar-refractivity contribution in [1.82, 2.24) is 14.6 Å². The standard InChI is InChI=1S/C19H12Cl2N4O3S/c1-10(26)28-13-5-2-11(3-6-13)17(27)22-18-23-19-25(24-18)16(9-29-19)14-8-12(20)4-7-15(14)21/h2-9H,1H3,(H,22,24,27). The summed E-state index contributed by atoms with van der Waals surface area (Å²) in [6.45, 7) is 1.31. The molecule has 0 aliphatic carbocycles. The molecule has 0 saturated carbocycles. The van der Waals surface area contributed by atoms with Crippen LogP contribution in [0.1, 0.15) is 17.3 Å². The van der Waals surface area contributed by atoms with Crippen molar-refractivity contribution in [3.8, 4) is 17.0 Å². The average Bonchev–Trinajstić information content (AvgIpc) is 3.24. The first-order valence-corrected chi connectivity index (χ1v) is 9.94. The van der Waals surface area contributed by atoms with Gasteiger partial charge in [-0.05, 0) is 42.5 Å². The van der Waals surface area contributed by atoms with Gasteiger partial charge in [-0.3, -0.25) is 14.9 Å². The second-order valence-electron chi connectivity index (χ2n) is 5.95. The van der Waals surface area contributed by atoms with Gasteiger partial charge in [-0.1, -0.05) is 23.2 Å². The molecule has 146 valence electrons. The van der Waals surface area contributed by atoms with E-state index in [0.29, 0.717) is 31.9 Å². The van der Waals surface area contributed by atoms with Crippen molar-refractivity contribution in [3.05, 3.63) is 63.5 Å². The molecule has 0 radical (unpaired) electrons. The molecule has 0 aliphatic heterocycles. The van der Waals surface area contributed by atoms with Crippen molar-refractivity contribution in [2.75, 3.05) is 5.32 Å². The molecule has 1 amide bonds. The Morgan fingerprint density at radius 2 is 1.90 bits per heavy atom. The summed E-state index contributed by atoms with van der Waals surface area (Å²) in [7, 11) is 0. The zero-order valence-corrected chi connectivity index (χ0v) is 17.2. The zero-order valence-electron chi connectivity index (χ0n) is 14.8. The van der Waals surface area contributed by atoms with Gasteiger partial charge in [-0.15, -0.1) is 16.4 Å². The number of carbonyl (C=O) groups excluding carboxylic acids is 2. The molecule has 0 atom stereocenters. The fraction of sp³-hybridized carbons (Fsp3) is 0.0526. The van der Waals surface area contributed by atoms with Crippen LogP contribution < -0.4 is 10.1 Å². The molecule has 29 heavy (non-hydrogen) atoms. The number of benzene rings is 2. The Balaban J connectivity index is 1.58. The summed E-state index contributed by atoms with van der Waals surface area (Å²) in [4.78, 5) is 28.3. The second-order valence-corrected chi connectivity index (χ2v) is 7.63. The Labute approximate surface area is 178 Å². The number of rotatable bonds is 4. The molecule has 0 unspecified atom stereocenters. The number of halogens is 2. The molecule has 0 fully saturated rings.